The highest BCUT2D eigenvalue weighted by Crippen LogP contribution is 2.21. The van der Waals surface area contributed by atoms with Crippen LogP contribution in [0.2, 0.25) is 0 Å². The first kappa shape index (κ1) is 9.68. The maximum atomic E-state index is 6.08. The number of nitrogens with one attached hydrogen (secondary N) is 1. The molecule has 3 N–H and O–H groups in total. The van der Waals surface area contributed by atoms with Crippen LogP contribution in [0.3, 0.4) is 0 Å². The van der Waals surface area contributed by atoms with E-state index in [2.05, 4.69) is 23.5 Å². The van der Waals surface area contributed by atoms with E-state index in [0.29, 0.717) is 5.92 Å². The standard InChI is InChI=1S/C10H18N4/c1-2-14-7-8(5-13-14)9-6-12-4-3-10(9)11/h5,7,9-10,12H,2-4,6,11H2,1H3. The third kappa shape index (κ3) is 1.81. The summed E-state index contributed by atoms with van der Waals surface area (Å²) in [4.78, 5) is 0. The van der Waals surface area contributed by atoms with Gasteiger partial charge in [-0.05, 0) is 25.5 Å². The number of hydrogen-bond donors (Lipinski definition) is 2. The van der Waals surface area contributed by atoms with Gasteiger partial charge in [-0.15, -0.1) is 0 Å². The van der Waals surface area contributed by atoms with E-state index in [9.17, 15) is 0 Å². The lowest BCUT2D eigenvalue weighted by Gasteiger charge is -2.28. The van der Waals surface area contributed by atoms with Gasteiger partial charge in [-0.3, -0.25) is 4.68 Å². The monoisotopic (exact) mass is 194 g/mol. The number of rotatable bonds is 2. The fourth-order valence-corrected chi connectivity index (χ4v) is 1.99. The van der Waals surface area contributed by atoms with Crippen molar-refractivity contribution in [3.8, 4) is 0 Å². The number of aryl methyl sites for hydroxylation is 1. The van der Waals surface area contributed by atoms with Crippen molar-refractivity contribution < 1.29 is 0 Å². The summed E-state index contributed by atoms with van der Waals surface area (Å²) in [6.45, 7) is 5.04. The van der Waals surface area contributed by atoms with E-state index in [4.69, 9.17) is 5.73 Å². The Kier molecular flexibility index (Phi) is 2.84. The summed E-state index contributed by atoms with van der Waals surface area (Å²) in [5.74, 6) is 0.434. The van der Waals surface area contributed by atoms with Gasteiger partial charge in [-0.1, -0.05) is 0 Å². The lowest BCUT2D eigenvalue weighted by Crippen LogP contribution is -2.43. The highest BCUT2D eigenvalue weighted by molar-refractivity contribution is 5.15. The Labute approximate surface area is 84.5 Å². The smallest absolute Gasteiger partial charge is 0.0525 e. The van der Waals surface area contributed by atoms with E-state index in [1.54, 1.807) is 0 Å². The molecular formula is C10H18N4. The van der Waals surface area contributed by atoms with Gasteiger partial charge in [0.05, 0.1) is 6.20 Å². The van der Waals surface area contributed by atoms with Crippen LogP contribution in [0, 0.1) is 0 Å². The third-order valence-electron chi connectivity index (χ3n) is 2.94. The molecule has 0 saturated carbocycles. The molecule has 0 spiro atoms. The molecule has 14 heavy (non-hydrogen) atoms. The normalized spacial score (nSPS) is 27.9. The molecule has 1 fully saturated rings. The first-order valence-corrected chi connectivity index (χ1v) is 5.30. The van der Waals surface area contributed by atoms with Gasteiger partial charge in [0.1, 0.15) is 0 Å². The fourth-order valence-electron chi connectivity index (χ4n) is 1.99. The minimum atomic E-state index is 0.283. The van der Waals surface area contributed by atoms with Crippen LogP contribution < -0.4 is 11.1 Å². The van der Waals surface area contributed by atoms with E-state index in [-0.39, 0.29) is 6.04 Å². The zero-order valence-electron chi connectivity index (χ0n) is 8.61. The second-order valence-electron chi connectivity index (χ2n) is 3.89. The summed E-state index contributed by atoms with van der Waals surface area (Å²) < 4.78 is 1.96. The number of nitrogens with two attached hydrogens (primary N) is 1. The lowest BCUT2D eigenvalue weighted by molar-refractivity contribution is 0.403. The second kappa shape index (κ2) is 4.11. The van der Waals surface area contributed by atoms with Crippen molar-refractivity contribution in [2.45, 2.75) is 31.8 Å². The fraction of sp³-hybridized carbons (Fsp3) is 0.700. The minimum absolute atomic E-state index is 0.283. The van der Waals surface area contributed by atoms with Crippen LogP contribution in [0.4, 0.5) is 0 Å². The average Bonchev–Trinajstić information content (AvgIpc) is 2.67. The molecule has 2 unspecified atom stereocenters. The van der Waals surface area contributed by atoms with Crippen LogP contribution >= 0.6 is 0 Å². The molecule has 1 aromatic heterocycles. The maximum Gasteiger partial charge on any atom is 0.0525 e. The van der Waals surface area contributed by atoms with Crippen molar-refractivity contribution in [2.24, 2.45) is 5.73 Å². The first-order valence-electron chi connectivity index (χ1n) is 5.30. The van der Waals surface area contributed by atoms with E-state index in [1.165, 1.54) is 5.56 Å². The molecule has 0 bridgehead atoms. The van der Waals surface area contributed by atoms with E-state index >= 15 is 0 Å². The van der Waals surface area contributed by atoms with E-state index in [0.717, 1.165) is 26.1 Å². The maximum absolute atomic E-state index is 6.08. The van der Waals surface area contributed by atoms with Gasteiger partial charge in [-0.2, -0.15) is 5.10 Å². The molecule has 1 saturated heterocycles. The van der Waals surface area contributed by atoms with Crippen LogP contribution in [0.1, 0.15) is 24.8 Å². The Morgan fingerprint density at radius 3 is 3.21 bits per heavy atom. The van der Waals surface area contributed by atoms with Crippen LogP contribution in [-0.4, -0.2) is 28.9 Å². The summed E-state index contributed by atoms with van der Waals surface area (Å²) >= 11 is 0. The number of hydrogen-bond acceptors (Lipinski definition) is 3. The SMILES string of the molecule is CCn1cc(C2CNCCC2N)cn1. The molecule has 1 aliphatic heterocycles. The highest BCUT2D eigenvalue weighted by Gasteiger charge is 2.23. The molecule has 1 aromatic rings. The number of aromatic nitrogens is 2. The number of nitrogens with zero attached hydrogens (tertiary/aromatic N) is 2. The summed E-state index contributed by atoms with van der Waals surface area (Å²) in [7, 11) is 0. The van der Waals surface area contributed by atoms with Crippen molar-refractivity contribution >= 4 is 0 Å². The zero-order valence-corrected chi connectivity index (χ0v) is 8.61. The molecule has 0 aliphatic carbocycles. The molecule has 4 heteroatoms. The van der Waals surface area contributed by atoms with E-state index < -0.39 is 0 Å². The van der Waals surface area contributed by atoms with Crippen LogP contribution in [0.5, 0.6) is 0 Å². The summed E-state index contributed by atoms with van der Waals surface area (Å²) in [5, 5.41) is 7.65. The molecule has 2 atom stereocenters. The highest BCUT2D eigenvalue weighted by atomic mass is 15.3. The van der Waals surface area contributed by atoms with Gasteiger partial charge in [0.25, 0.3) is 0 Å². The zero-order chi connectivity index (χ0) is 9.97. The quantitative estimate of drug-likeness (QED) is 0.712. The molecular weight excluding hydrogens is 176 g/mol. The molecule has 0 aromatic carbocycles. The second-order valence-corrected chi connectivity index (χ2v) is 3.89. The summed E-state index contributed by atoms with van der Waals surface area (Å²) in [5.41, 5.74) is 7.35. The predicted molar refractivity (Wildman–Crippen MR) is 56.1 cm³/mol. The van der Waals surface area contributed by atoms with Crippen LogP contribution in [-0.2, 0) is 6.54 Å². The van der Waals surface area contributed by atoms with Gasteiger partial charge in [0.2, 0.25) is 0 Å². The molecule has 0 radical (unpaired) electrons. The van der Waals surface area contributed by atoms with Crippen molar-refractivity contribution in [3.63, 3.8) is 0 Å². The van der Waals surface area contributed by atoms with E-state index in [1.807, 2.05) is 10.9 Å². The Balaban J connectivity index is 2.12. The molecule has 2 heterocycles. The van der Waals surface area contributed by atoms with Crippen LogP contribution in [0.25, 0.3) is 0 Å². The minimum Gasteiger partial charge on any atom is -0.327 e. The first-order chi connectivity index (χ1) is 6.81. The van der Waals surface area contributed by atoms with Gasteiger partial charge in [0.15, 0.2) is 0 Å². The largest absolute Gasteiger partial charge is 0.327 e. The Morgan fingerprint density at radius 2 is 2.57 bits per heavy atom. The average molecular weight is 194 g/mol. The Morgan fingerprint density at radius 1 is 1.71 bits per heavy atom. The van der Waals surface area contributed by atoms with Gasteiger partial charge in [-0.25, -0.2) is 0 Å². The summed E-state index contributed by atoms with van der Waals surface area (Å²) in [6.07, 6.45) is 5.11. The van der Waals surface area contributed by atoms with Crippen molar-refractivity contribution in [3.05, 3.63) is 18.0 Å². The van der Waals surface area contributed by atoms with Crippen molar-refractivity contribution in [1.29, 1.82) is 0 Å². The van der Waals surface area contributed by atoms with Gasteiger partial charge < -0.3 is 11.1 Å². The number of piperidine rings is 1. The van der Waals surface area contributed by atoms with Gasteiger partial charge >= 0.3 is 0 Å². The molecule has 78 valence electrons. The Bertz CT molecular complexity index is 294. The van der Waals surface area contributed by atoms with Crippen LogP contribution in [0.15, 0.2) is 12.4 Å². The van der Waals surface area contributed by atoms with Crippen molar-refractivity contribution in [1.82, 2.24) is 15.1 Å². The third-order valence-corrected chi connectivity index (χ3v) is 2.94. The molecule has 0 amide bonds. The van der Waals surface area contributed by atoms with Gasteiger partial charge in [0, 0.05) is 31.2 Å². The van der Waals surface area contributed by atoms with Crippen molar-refractivity contribution in [2.75, 3.05) is 13.1 Å². The topological polar surface area (TPSA) is 55.9 Å². The molecule has 4 nitrogen and oxygen atoms in total. The summed E-state index contributed by atoms with van der Waals surface area (Å²) in [6, 6.07) is 0.283. The lowest BCUT2D eigenvalue weighted by atomic mass is 9.89. The molecule has 2 rings (SSSR count). The predicted octanol–water partition coefficient (Wildman–Crippen LogP) is 0.307. The molecule has 1 aliphatic rings. The Hall–Kier alpha value is -0.870.